The first-order valence-corrected chi connectivity index (χ1v) is 9.81. The molecule has 0 spiro atoms. The zero-order valence-corrected chi connectivity index (χ0v) is 18.8. The number of carbonyl (C=O) groups is 3. The molecule has 0 bridgehead atoms. The van der Waals surface area contributed by atoms with E-state index in [4.69, 9.17) is 14.2 Å². The van der Waals surface area contributed by atoms with Crippen molar-refractivity contribution in [1.82, 2.24) is 0 Å². The number of ether oxygens (including phenoxy) is 3. The molecule has 0 saturated carbocycles. The van der Waals surface area contributed by atoms with Crippen LogP contribution in [0.1, 0.15) is 46.1 Å². The first kappa shape index (κ1) is 24.7. The summed E-state index contributed by atoms with van der Waals surface area (Å²) in [7, 11) is 1.20. The van der Waals surface area contributed by atoms with Gasteiger partial charge in [-0.3, -0.25) is 24.7 Å². The first-order chi connectivity index (χ1) is 14.9. The van der Waals surface area contributed by atoms with Gasteiger partial charge in [0.2, 0.25) is 6.79 Å². The van der Waals surface area contributed by atoms with Crippen LogP contribution >= 0.6 is 0 Å². The molecule has 0 aliphatic carbocycles. The normalized spacial score (nSPS) is 18.5. The molecule has 0 amide bonds. The van der Waals surface area contributed by atoms with Gasteiger partial charge >= 0.3 is 17.9 Å². The van der Waals surface area contributed by atoms with Crippen LogP contribution in [0.15, 0.2) is 40.5 Å². The average Bonchev–Trinajstić information content (AvgIpc) is 2.71. The van der Waals surface area contributed by atoms with Crippen molar-refractivity contribution in [3.05, 3.63) is 51.2 Å². The minimum atomic E-state index is -0.995. The lowest BCUT2D eigenvalue weighted by Gasteiger charge is -2.31. The molecule has 1 aromatic carbocycles. The molecule has 1 aliphatic rings. The second-order valence-electron chi connectivity index (χ2n) is 8.31. The van der Waals surface area contributed by atoms with E-state index < -0.39 is 46.9 Å². The quantitative estimate of drug-likeness (QED) is 0.281. The minimum absolute atomic E-state index is 0.0262. The number of nitro benzene ring substituents is 1. The summed E-state index contributed by atoms with van der Waals surface area (Å²) in [5, 5.41) is 11.3. The van der Waals surface area contributed by atoms with Gasteiger partial charge in [-0.15, -0.1) is 0 Å². The number of allylic oxidation sites excluding steroid dienone is 1. The molecule has 0 saturated heterocycles. The standard InChI is InChI=1S/C22H26N2O8/c1-12-16(19(25)30-6)18(14-8-7-9-15(10-14)24(28)29)17(13(2)23-12)20(26)31-11-32-21(27)22(3,4)5/h7-10,16,18H,11H2,1-6H3. The summed E-state index contributed by atoms with van der Waals surface area (Å²) in [6.07, 6.45) is 0. The van der Waals surface area contributed by atoms with Crippen molar-refractivity contribution >= 4 is 29.3 Å². The number of benzene rings is 1. The van der Waals surface area contributed by atoms with E-state index in [9.17, 15) is 24.5 Å². The van der Waals surface area contributed by atoms with E-state index in [1.54, 1.807) is 40.7 Å². The Morgan fingerprint density at radius 3 is 2.38 bits per heavy atom. The molecule has 172 valence electrons. The molecular weight excluding hydrogens is 420 g/mol. The number of non-ortho nitro benzene ring substituents is 1. The molecule has 1 aromatic rings. The summed E-state index contributed by atoms with van der Waals surface area (Å²) < 4.78 is 15.0. The SMILES string of the molecule is COC(=O)C1C(C)=NC(C)=C(C(=O)OCOC(=O)C(C)(C)C)C1c1cccc([N+](=O)[O-])c1. The van der Waals surface area contributed by atoms with Crippen molar-refractivity contribution < 1.29 is 33.5 Å². The maximum atomic E-state index is 13.0. The van der Waals surface area contributed by atoms with Gasteiger partial charge in [0.15, 0.2) is 0 Å². The number of methoxy groups -OCH3 is 1. The Balaban J connectivity index is 2.46. The molecule has 0 aromatic heterocycles. The zero-order valence-electron chi connectivity index (χ0n) is 18.8. The van der Waals surface area contributed by atoms with Gasteiger partial charge in [0.05, 0.1) is 23.0 Å². The summed E-state index contributed by atoms with van der Waals surface area (Å²) in [6, 6.07) is 5.64. The van der Waals surface area contributed by atoms with E-state index >= 15 is 0 Å². The Morgan fingerprint density at radius 2 is 1.81 bits per heavy atom. The van der Waals surface area contributed by atoms with E-state index in [-0.39, 0.29) is 17.0 Å². The summed E-state index contributed by atoms with van der Waals surface area (Å²) in [4.78, 5) is 52.5. The Kier molecular flexibility index (Phi) is 7.50. The van der Waals surface area contributed by atoms with Crippen molar-refractivity contribution in [2.45, 2.75) is 40.5 Å². The summed E-state index contributed by atoms with van der Waals surface area (Å²) in [5.74, 6) is -4.00. The lowest BCUT2D eigenvalue weighted by molar-refractivity contribution is -0.384. The lowest BCUT2D eigenvalue weighted by Crippen LogP contribution is -2.36. The maximum Gasteiger partial charge on any atom is 0.339 e. The smallest absolute Gasteiger partial charge is 0.339 e. The Morgan fingerprint density at radius 1 is 1.16 bits per heavy atom. The van der Waals surface area contributed by atoms with Crippen LogP contribution in [0, 0.1) is 21.4 Å². The van der Waals surface area contributed by atoms with Crippen molar-refractivity contribution in [1.29, 1.82) is 0 Å². The Hall–Kier alpha value is -3.56. The molecule has 1 heterocycles. The predicted molar refractivity (Wildman–Crippen MR) is 114 cm³/mol. The third kappa shape index (κ3) is 5.37. The van der Waals surface area contributed by atoms with Gasteiger partial charge in [0, 0.05) is 29.5 Å². The van der Waals surface area contributed by atoms with Crippen LogP contribution in [0.2, 0.25) is 0 Å². The molecule has 1 aliphatic heterocycles. The number of hydrogen-bond donors (Lipinski definition) is 0. The number of nitro groups is 1. The van der Waals surface area contributed by atoms with Gasteiger partial charge in [-0.1, -0.05) is 12.1 Å². The van der Waals surface area contributed by atoms with Gasteiger partial charge in [-0.05, 0) is 40.2 Å². The van der Waals surface area contributed by atoms with Crippen LogP contribution in [0.5, 0.6) is 0 Å². The number of carbonyl (C=O) groups excluding carboxylic acids is 3. The van der Waals surface area contributed by atoms with E-state index in [0.717, 1.165) is 0 Å². The first-order valence-electron chi connectivity index (χ1n) is 9.81. The van der Waals surface area contributed by atoms with Crippen molar-refractivity contribution in [2.75, 3.05) is 13.9 Å². The zero-order chi connectivity index (χ0) is 24.2. The number of esters is 3. The number of rotatable bonds is 6. The summed E-state index contributed by atoms with van der Waals surface area (Å²) in [6.45, 7) is 7.52. The van der Waals surface area contributed by atoms with Gasteiger partial charge in [0.25, 0.3) is 5.69 Å². The largest absolute Gasteiger partial charge is 0.468 e. The second kappa shape index (κ2) is 9.71. The molecule has 10 nitrogen and oxygen atoms in total. The van der Waals surface area contributed by atoms with Crippen LogP contribution in [-0.2, 0) is 28.6 Å². The highest BCUT2D eigenvalue weighted by molar-refractivity contribution is 6.07. The van der Waals surface area contributed by atoms with Crippen LogP contribution < -0.4 is 0 Å². The van der Waals surface area contributed by atoms with E-state index in [2.05, 4.69) is 4.99 Å². The molecule has 32 heavy (non-hydrogen) atoms. The molecule has 0 N–H and O–H groups in total. The average molecular weight is 446 g/mol. The third-order valence-corrected chi connectivity index (χ3v) is 4.94. The van der Waals surface area contributed by atoms with E-state index in [1.807, 2.05) is 0 Å². The van der Waals surface area contributed by atoms with Crippen LogP contribution in [-0.4, -0.2) is 42.4 Å². The second-order valence-corrected chi connectivity index (χ2v) is 8.31. The topological polar surface area (TPSA) is 134 Å². The van der Waals surface area contributed by atoms with Gasteiger partial charge in [-0.25, -0.2) is 4.79 Å². The molecule has 2 unspecified atom stereocenters. The summed E-state index contributed by atoms with van der Waals surface area (Å²) >= 11 is 0. The molecular formula is C22H26N2O8. The number of hydrogen-bond acceptors (Lipinski definition) is 9. The molecule has 0 fully saturated rings. The van der Waals surface area contributed by atoms with Crippen LogP contribution in [0.25, 0.3) is 0 Å². The van der Waals surface area contributed by atoms with E-state index in [1.165, 1.54) is 25.3 Å². The monoisotopic (exact) mass is 446 g/mol. The van der Waals surface area contributed by atoms with Gasteiger partial charge in [0.1, 0.15) is 5.92 Å². The minimum Gasteiger partial charge on any atom is -0.468 e. The Labute approximate surface area is 185 Å². The highest BCUT2D eigenvalue weighted by Crippen LogP contribution is 2.40. The molecule has 2 atom stereocenters. The Bertz CT molecular complexity index is 1000. The maximum absolute atomic E-state index is 13.0. The fourth-order valence-corrected chi connectivity index (χ4v) is 3.36. The molecule has 2 rings (SSSR count). The van der Waals surface area contributed by atoms with E-state index in [0.29, 0.717) is 11.3 Å². The van der Waals surface area contributed by atoms with Crippen molar-refractivity contribution in [3.63, 3.8) is 0 Å². The highest BCUT2D eigenvalue weighted by atomic mass is 16.7. The summed E-state index contributed by atoms with van der Waals surface area (Å²) in [5.41, 5.74) is 0.0683. The molecule has 10 heteroatoms. The van der Waals surface area contributed by atoms with Crippen molar-refractivity contribution in [2.24, 2.45) is 16.3 Å². The number of nitrogens with zero attached hydrogens (tertiary/aromatic N) is 2. The highest BCUT2D eigenvalue weighted by Gasteiger charge is 2.42. The fraction of sp³-hybridized carbons (Fsp3) is 0.455. The van der Waals surface area contributed by atoms with Gasteiger partial charge < -0.3 is 14.2 Å². The van der Waals surface area contributed by atoms with Gasteiger partial charge in [-0.2, -0.15) is 0 Å². The third-order valence-electron chi connectivity index (χ3n) is 4.94. The van der Waals surface area contributed by atoms with Crippen molar-refractivity contribution in [3.8, 4) is 0 Å². The van der Waals surface area contributed by atoms with Crippen LogP contribution in [0.3, 0.4) is 0 Å². The van der Waals surface area contributed by atoms with Crippen LogP contribution in [0.4, 0.5) is 5.69 Å². The predicted octanol–water partition coefficient (Wildman–Crippen LogP) is 3.31. The lowest BCUT2D eigenvalue weighted by atomic mass is 9.75. The fourth-order valence-electron chi connectivity index (χ4n) is 3.36. The molecule has 0 radical (unpaired) electrons. The number of aliphatic imine (C=N–C) groups is 1.